The Morgan fingerprint density at radius 3 is 2.67 bits per heavy atom. The summed E-state index contributed by atoms with van der Waals surface area (Å²) in [7, 11) is 1.56. The first-order chi connectivity index (χ1) is 9.92. The average Bonchev–Trinajstić information content (AvgIpc) is 2.90. The molecule has 1 N–H and O–H groups in total. The molecule has 0 radical (unpaired) electrons. The van der Waals surface area contributed by atoms with Gasteiger partial charge in [0, 0.05) is 10.9 Å². The van der Waals surface area contributed by atoms with Gasteiger partial charge in [-0.2, -0.15) is 0 Å². The van der Waals surface area contributed by atoms with Gasteiger partial charge >= 0.3 is 5.97 Å². The van der Waals surface area contributed by atoms with Crippen molar-refractivity contribution in [1.29, 1.82) is 0 Å². The standard InChI is InChI=1S/C14H14BrNO4S/c1-7(2)20-12-9(15)4-8(5-11(12)19-3)13-16-10(6-21-13)14(17)18/h4-7H,1-3H3,(H,17,18). The molecule has 0 amide bonds. The normalized spacial score (nSPS) is 10.7. The zero-order valence-electron chi connectivity index (χ0n) is 11.7. The van der Waals surface area contributed by atoms with Crippen LogP contribution in [-0.2, 0) is 0 Å². The molecular weight excluding hydrogens is 358 g/mol. The number of rotatable bonds is 5. The van der Waals surface area contributed by atoms with Gasteiger partial charge in [0.15, 0.2) is 17.2 Å². The first kappa shape index (κ1) is 15.8. The van der Waals surface area contributed by atoms with Crippen molar-refractivity contribution in [2.75, 3.05) is 7.11 Å². The van der Waals surface area contributed by atoms with Gasteiger partial charge in [-0.25, -0.2) is 9.78 Å². The molecule has 1 aromatic carbocycles. The summed E-state index contributed by atoms with van der Waals surface area (Å²) in [6.07, 6.45) is 0.0134. The maximum Gasteiger partial charge on any atom is 0.355 e. The Balaban J connectivity index is 2.45. The topological polar surface area (TPSA) is 68.7 Å². The molecule has 1 aromatic heterocycles. The van der Waals surface area contributed by atoms with Crippen LogP contribution >= 0.6 is 27.3 Å². The van der Waals surface area contributed by atoms with Crippen LogP contribution < -0.4 is 9.47 Å². The molecule has 0 saturated heterocycles. The number of methoxy groups -OCH3 is 1. The van der Waals surface area contributed by atoms with E-state index in [2.05, 4.69) is 20.9 Å². The third kappa shape index (κ3) is 3.54. The van der Waals surface area contributed by atoms with E-state index in [-0.39, 0.29) is 11.8 Å². The molecule has 2 rings (SSSR count). The Bertz CT molecular complexity index is 669. The van der Waals surface area contributed by atoms with Gasteiger partial charge in [-0.05, 0) is 41.9 Å². The number of thiazole rings is 1. The lowest BCUT2D eigenvalue weighted by atomic mass is 10.2. The minimum Gasteiger partial charge on any atom is -0.493 e. The summed E-state index contributed by atoms with van der Waals surface area (Å²) in [6, 6.07) is 3.62. The monoisotopic (exact) mass is 371 g/mol. The highest BCUT2D eigenvalue weighted by Crippen LogP contribution is 2.40. The summed E-state index contributed by atoms with van der Waals surface area (Å²) in [6.45, 7) is 3.86. The van der Waals surface area contributed by atoms with Gasteiger partial charge in [-0.3, -0.25) is 0 Å². The van der Waals surface area contributed by atoms with Gasteiger partial charge < -0.3 is 14.6 Å². The predicted molar refractivity (Wildman–Crippen MR) is 84.5 cm³/mol. The van der Waals surface area contributed by atoms with Crippen LogP contribution in [0.25, 0.3) is 10.6 Å². The Morgan fingerprint density at radius 2 is 2.14 bits per heavy atom. The van der Waals surface area contributed by atoms with Gasteiger partial charge in [0.05, 0.1) is 17.7 Å². The van der Waals surface area contributed by atoms with Crippen molar-refractivity contribution in [3.8, 4) is 22.1 Å². The maximum absolute atomic E-state index is 10.9. The van der Waals surface area contributed by atoms with Gasteiger partial charge in [-0.1, -0.05) is 0 Å². The second-order valence-corrected chi connectivity index (χ2v) is 6.21. The molecule has 21 heavy (non-hydrogen) atoms. The summed E-state index contributed by atoms with van der Waals surface area (Å²) in [5.74, 6) is 0.148. The number of nitrogens with zero attached hydrogens (tertiary/aromatic N) is 1. The number of halogens is 1. The van der Waals surface area contributed by atoms with Crippen molar-refractivity contribution in [3.05, 3.63) is 27.7 Å². The van der Waals surface area contributed by atoms with Crippen molar-refractivity contribution in [2.45, 2.75) is 20.0 Å². The number of carboxylic acid groups (broad SMARTS) is 1. The van der Waals surface area contributed by atoms with Crippen LogP contribution in [0.1, 0.15) is 24.3 Å². The smallest absolute Gasteiger partial charge is 0.355 e. The SMILES string of the molecule is COc1cc(-c2nc(C(=O)O)cs2)cc(Br)c1OC(C)C. The lowest BCUT2D eigenvalue weighted by molar-refractivity contribution is 0.0691. The number of hydrogen-bond donors (Lipinski definition) is 1. The minimum atomic E-state index is -1.04. The zero-order valence-corrected chi connectivity index (χ0v) is 14.1. The fourth-order valence-electron chi connectivity index (χ4n) is 1.70. The van der Waals surface area contributed by atoms with E-state index in [0.29, 0.717) is 16.5 Å². The molecule has 0 unspecified atom stereocenters. The summed E-state index contributed by atoms with van der Waals surface area (Å²) < 4.78 is 11.8. The van der Waals surface area contributed by atoms with Crippen LogP contribution in [0.2, 0.25) is 0 Å². The highest BCUT2D eigenvalue weighted by molar-refractivity contribution is 9.10. The molecule has 0 fully saturated rings. The van der Waals surface area contributed by atoms with E-state index in [1.807, 2.05) is 19.9 Å². The summed E-state index contributed by atoms with van der Waals surface area (Å²) >= 11 is 4.73. The molecule has 0 aliphatic carbocycles. The fourth-order valence-corrected chi connectivity index (χ4v) is 3.02. The molecule has 0 aliphatic rings. The summed E-state index contributed by atoms with van der Waals surface area (Å²) in [5.41, 5.74) is 0.805. The van der Waals surface area contributed by atoms with Crippen LogP contribution in [0.5, 0.6) is 11.5 Å². The zero-order chi connectivity index (χ0) is 15.6. The highest BCUT2D eigenvalue weighted by atomic mass is 79.9. The van der Waals surface area contributed by atoms with Crippen molar-refractivity contribution >= 4 is 33.2 Å². The Kier molecular flexibility index (Phi) is 4.84. The van der Waals surface area contributed by atoms with E-state index >= 15 is 0 Å². The molecular formula is C14H14BrNO4S. The van der Waals surface area contributed by atoms with Crippen molar-refractivity contribution in [1.82, 2.24) is 4.98 Å². The number of benzene rings is 1. The molecule has 1 heterocycles. The van der Waals surface area contributed by atoms with Crippen molar-refractivity contribution in [3.63, 3.8) is 0 Å². The largest absolute Gasteiger partial charge is 0.493 e. The molecule has 0 atom stereocenters. The third-order valence-corrected chi connectivity index (χ3v) is 4.03. The Morgan fingerprint density at radius 1 is 1.43 bits per heavy atom. The molecule has 0 saturated carbocycles. The number of aromatic nitrogens is 1. The third-order valence-electron chi connectivity index (χ3n) is 2.55. The Hall–Kier alpha value is -1.60. The number of hydrogen-bond acceptors (Lipinski definition) is 5. The van der Waals surface area contributed by atoms with Gasteiger partial charge in [0.25, 0.3) is 0 Å². The second kappa shape index (κ2) is 6.44. The fraction of sp³-hybridized carbons (Fsp3) is 0.286. The lowest BCUT2D eigenvalue weighted by Gasteiger charge is -2.16. The molecule has 0 bridgehead atoms. The average molecular weight is 372 g/mol. The Labute approximate surface area is 134 Å². The van der Waals surface area contributed by atoms with E-state index in [1.54, 1.807) is 13.2 Å². The van der Waals surface area contributed by atoms with Crippen LogP contribution in [0.4, 0.5) is 0 Å². The molecule has 5 nitrogen and oxygen atoms in total. The number of carboxylic acids is 1. The number of carbonyl (C=O) groups is 1. The minimum absolute atomic E-state index is 0.0134. The van der Waals surface area contributed by atoms with E-state index < -0.39 is 5.97 Å². The van der Waals surface area contributed by atoms with Gasteiger partial charge in [0.2, 0.25) is 0 Å². The van der Waals surface area contributed by atoms with Gasteiger partial charge in [-0.15, -0.1) is 11.3 Å². The van der Waals surface area contributed by atoms with Crippen LogP contribution in [0, 0.1) is 0 Å². The first-order valence-electron chi connectivity index (χ1n) is 6.15. The van der Waals surface area contributed by atoms with Crippen LogP contribution in [0.3, 0.4) is 0 Å². The number of ether oxygens (including phenoxy) is 2. The number of aromatic carboxylic acids is 1. The maximum atomic E-state index is 10.9. The molecule has 7 heteroatoms. The summed E-state index contributed by atoms with van der Waals surface area (Å²) in [5, 5.41) is 11.1. The lowest BCUT2D eigenvalue weighted by Crippen LogP contribution is -2.07. The van der Waals surface area contributed by atoms with E-state index in [0.717, 1.165) is 10.0 Å². The molecule has 112 valence electrons. The van der Waals surface area contributed by atoms with E-state index in [1.165, 1.54) is 16.7 Å². The first-order valence-corrected chi connectivity index (χ1v) is 7.83. The van der Waals surface area contributed by atoms with Crippen LogP contribution in [0.15, 0.2) is 22.0 Å². The van der Waals surface area contributed by atoms with E-state index in [4.69, 9.17) is 14.6 Å². The second-order valence-electron chi connectivity index (χ2n) is 4.50. The molecule has 2 aromatic rings. The van der Waals surface area contributed by atoms with Gasteiger partial charge in [0.1, 0.15) is 5.01 Å². The van der Waals surface area contributed by atoms with Crippen molar-refractivity contribution in [2.24, 2.45) is 0 Å². The van der Waals surface area contributed by atoms with E-state index in [9.17, 15) is 4.79 Å². The van der Waals surface area contributed by atoms with Crippen LogP contribution in [-0.4, -0.2) is 29.3 Å². The molecule has 0 aliphatic heterocycles. The highest BCUT2D eigenvalue weighted by Gasteiger charge is 2.16. The predicted octanol–water partition coefficient (Wildman–Crippen LogP) is 4.07. The quantitative estimate of drug-likeness (QED) is 0.857. The summed E-state index contributed by atoms with van der Waals surface area (Å²) in [4.78, 5) is 15.0. The molecule has 0 spiro atoms. The van der Waals surface area contributed by atoms with Crippen molar-refractivity contribution < 1.29 is 19.4 Å².